The van der Waals surface area contributed by atoms with E-state index in [1.807, 2.05) is 48.9 Å². The van der Waals surface area contributed by atoms with Crippen LogP contribution in [0, 0.1) is 19.8 Å². The highest BCUT2D eigenvalue weighted by Crippen LogP contribution is 2.41. The number of carbonyl (C=O) groups is 1. The summed E-state index contributed by atoms with van der Waals surface area (Å²) in [5.41, 5.74) is 4.67. The van der Waals surface area contributed by atoms with Gasteiger partial charge in [0.2, 0.25) is 5.88 Å². The standard InChI is InChI=1S/C22H25N5O2/c1-14-5-4-6-18(11-14)27-15(2)19(13-24-27)25-22(28)26-21(16-7-8-16)17-9-10-20(29-3)23-12-17/h4-6,9-13,16,21H,7-8H2,1-3H3,(H2,25,26,28). The van der Waals surface area contributed by atoms with Gasteiger partial charge in [0, 0.05) is 12.3 Å². The first kappa shape index (κ1) is 19.0. The van der Waals surface area contributed by atoms with Gasteiger partial charge in [-0.25, -0.2) is 14.5 Å². The van der Waals surface area contributed by atoms with Gasteiger partial charge in [0.1, 0.15) is 0 Å². The molecule has 150 valence electrons. The highest BCUT2D eigenvalue weighted by atomic mass is 16.5. The zero-order valence-corrected chi connectivity index (χ0v) is 16.8. The molecule has 4 rings (SSSR count). The van der Waals surface area contributed by atoms with Gasteiger partial charge in [-0.15, -0.1) is 0 Å². The molecule has 0 aliphatic heterocycles. The smallest absolute Gasteiger partial charge is 0.319 e. The van der Waals surface area contributed by atoms with E-state index in [1.165, 1.54) is 0 Å². The molecule has 1 unspecified atom stereocenters. The van der Waals surface area contributed by atoms with Gasteiger partial charge in [0.15, 0.2) is 0 Å². The summed E-state index contributed by atoms with van der Waals surface area (Å²) >= 11 is 0. The topological polar surface area (TPSA) is 81.1 Å². The quantitative estimate of drug-likeness (QED) is 0.661. The molecule has 2 heterocycles. The maximum absolute atomic E-state index is 12.7. The number of hydrogen-bond acceptors (Lipinski definition) is 4. The fourth-order valence-corrected chi connectivity index (χ4v) is 3.45. The minimum atomic E-state index is -0.246. The van der Waals surface area contributed by atoms with Crippen molar-refractivity contribution in [3.63, 3.8) is 0 Å². The molecule has 1 aliphatic rings. The molecule has 1 atom stereocenters. The first-order valence-electron chi connectivity index (χ1n) is 9.74. The van der Waals surface area contributed by atoms with Gasteiger partial charge in [0.05, 0.1) is 36.4 Å². The number of urea groups is 1. The molecule has 1 aliphatic carbocycles. The van der Waals surface area contributed by atoms with Crippen LogP contribution in [0.25, 0.3) is 5.69 Å². The fraction of sp³-hybridized carbons (Fsp3) is 0.318. The molecule has 1 saturated carbocycles. The number of methoxy groups -OCH3 is 1. The molecule has 2 N–H and O–H groups in total. The summed E-state index contributed by atoms with van der Waals surface area (Å²) < 4.78 is 6.95. The van der Waals surface area contributed by atoms with Crippen molar-refractivity contribution >= 4 is 11.7 Å². The van der Waals surface area contributed by atoms with E-state index in [0.717, 1.165) is 35.3 Å². The van der Waals surface area contributed by atoms with Crippen LogP contribution in [0.1, 0.15) is 35.7 Å². The van der Waals surface area contributed by atoms with Crippen LogP contribution in [0.15, 0.2) is 48.8 Å². The summed E-state index contributed by atoms with van der Waals surface area (Å²) in [5, 5.41) is 10.5. The SMILES string of the molecule is COc1ccc(C(NC(=O)Nc2cnn(-c3cccc(C)c3)c2C)C2CC2)cn1. The highest BCUT2D eigenvalue weighted by Gasteiger charge is 2.33. The number of nitrogens with zero attached hydrogens (tertiary/aromatic N) is 3. The molecule has 7 nitrogen and oxygen atoms in total. The Morgan fingerprint density at radius 2 is 2.03 bits per heavy atom. The van der Waals surface area contributed by atoms with Crippen LogP contribution in [0.5, 0.6) is 5.88 Å². The minimum absolute atomic E-state index is 0.0690. The van der Waals surface area contributed by atoms with Crippen molar-refractivity contribution in [2.45, 2.75) is 32.7 Å². The third-order valence-corrected chi connectivity index (χ3v) is 5.21. The summed E-state index contributed by atoms with van der Waals surface area (Å²) in [5.74, 6) is 0.999. The van der Waals surface area contributed by atoms with E-state index in [4.69, 9.17) is 4.74 Å². The van der Waals surface area contributed by atoms with Crippen molar-refractivity contribution in [2.75, 3.05) is 12.4 Å². The molecular weight excluding hydrogens is 366 g/mol. The molecule has 3 aromatic rings. The van der Waals surface area contributed by atoms with Crippen LogP contribution in [-0.4, -0.2) is 27.9 Å². The number of carbonyl (C=O) groups excluding carboxylic acids is 1. The first-order chi connectivity index (χ1) is 14.0. The zero-order valence-electron chi connectivity index (χ0n) is 16.8. The van der Waals surface area contributed by atoms with Crippen LogP contribution in [0.2, 0.25) is 0 Å². The average Bonchev–Trinajstić information content (AvgIpc) is 3.50. The number of rotatable bonds is 6. The van der Waals surface area contributed by atoms with Gasteiger partial charge < -0.3 is 15.4 Å². The largest absolute Gasteiger partial charge is 0.481 e. The van der Waals surface area contributed by atoms with Crippen LogP contribution >= 0.6 is 0 Å². The van der Waals surface area contributed by atoms with Gasteiger partial charge in [-0.1, -0.05) is 18.2 Å². The lowest BCUT2D eigenvalue weighted by atomic mass is 10.0. The summed E-state index contributed by atoms with van der Waals surface area (Å²) in [6.07, 6.45) is 5.64. The van der Waals surface area contributed by atoms with Gasteiger partial charge >= 0.3 is 6.03 Å². The number of ether oxygens (including phenoxy) is 1. The number of aromatic nitrogens is 3. The number of benzene rings is 1. The Bertz CT molecular complexity index is 1010. The van der Waals surface area contributed by atoms with Crippen molar-refractivity contribution in [1.29, 1.82) is 0 Å². The molecule has 0 bridgehead atoms. The Hall–Kier alpha value is -3.35. The van der Waals surface area contributed by atoms with Crippen molar-refractivity contribution in [1.82, 2.24) is 20.1 Å². The number of amides is 2. The van der Waals surface area contributed by atoms with Crippen LogP contribution in [0.3, 0.4) is 0 Å². The predicted molar refractivity (Wildman–Crippen MR) is 111 cm³/mol. The van der Waals surface area contributed by atoms with Gasteiger partial charge in [0.25, 0.3) is 0 Å². The Morgan fingerprint density at radius 1 is 1.21 bits per heavy atom. The second kappa shape index (κ2) is 7.95. The maximum Gasteiger partial charge on any atom is 0.319 e. The molecule has 2 aromatic heterocycles. The Morgan fingerprint density at radius 3 is 2.69 bits per heavy atom. The van der Waals surface area contributed by atoms with Crippen molar-refractivity contribution < 1.29 is 9.53 Å². The molecule has 2 amide bonds. The van der Waals surface area contributed by atoms with E-state index in [0.29, 0.717) is 17.5 Å². The summed E-state index contributed by atoms with van der Waals surface area (Å²) in [6.45, 7) is 3.98. The van der Waals surface area contributed by atoms with Crippen LogP contribution in [-0.2, 0) is 0 Å². The Labute approximate surface area is 170 Å². The third-order valence-electron chi connectivity index (χ3n) is 5.21. The van der Waals surface area contributed by atoms with Gasteiger partial charge in [-0.2, -0.15) is 5.10 Å². The first-order valence-corrected chi connectivity index (χ1v) is 9.74. The molecule has 0 saturated heterocycles. The number of pyridine rings is 1. The van der Waals surface area contributed by atoms with E-state index in [-0.39, 0.29) is 12.1 Å². The van der Waals surface area contributed by atoms with Crippen molar-refractivity contribution in [3.05, 3.63) is 65.6 Å². The predicted octanol–water partition coefficient (Wildman–Crippen LogP) is 4.17. The van der Waals surface area contributed by atoms with Crippen LogP contribution < -0.4 is 15.4 Å². The Balaban J connectivity index is 1.47. The number of nitrogens with one attached hydrogen (secondary N) is 2. The molecule has 0 spiro atoms. The monoisotopic (exact) mass is 391 g/mol. The molecule has 1 aromatic carbocycles. The molecule has 1 fully saturated rings. The number of hydrogen-bond donors (Lipinski definition) is 2. The zero-order chi connectivity index (χ0) is 20.4. The number of aryl methyl sites for hydroxylation is 1. The minimum Gasteiger partial charge on any atom is -0.481 e. The lowest BCUT2D eigenvalue weighted by molar-refractivity contribution is 0.247. The second-order valence-electron chi connectivity index (χ2n) is 7.44. The van der Waals surface area contributed by atoms with E-state index in [2.05, 4.69) is 26.8 Å². The molecular formula is C22H25N5O2. The lowest BCUT2D eigenvalue weighted by Gasteiger charge is -2.19. The average molecular weight is 391 g/mol. The third kappa shape index (κ3) is 4.23. The highest BCUT2D eigenvalue weighted by molar-refractivity contribution is 5.90. The van der Waals surface area contributed by atoms with E-state index >= 15 is 0 Å². The molecule has 7 heteroatoms. The molecule has 0 radical (unpaired) electrons. The summed E-state index contributed by atoms with van der Waals surface area (Å²) in [4.78, 5) is 17.0. The number of anilines is 1. The van der Waals surface area contributed by atoms with Gasteiger partial charge in [-0.3, -0.25) is 0 Å². The summed E-state index contributed by atoms with van der Waals surface area (Å²) in [6, 6.07) is 11.6. The molecule has 29 heavy (non-hydrogen) atoms. The Kier molecular flexibility index (Phi) is 5.20. The normalized spacial score (nSPS) is 14.3. The maximum atomic E-state index is 12.7. The summed E-state index contributed by atoms with van der Waals surface area (Å²) in [7, 11) is 1.59. The van der Waals surface area contributed by atoms with E-state index in [9.17, 15) is 4.79 Å². The lowest BCUT2D eigenvalue weighted by Crippen LogP contribution is -2.33. The van der Waals surface area contributed by atoms with E-state index in [1.54, 1.807) is 19.5 Å². The second-order valence-corrected chi connectivity index (χ2v) is 7.44. The van der Waals surface area contributed by atoms with Crippen molar-refractivity contribution in [2.24, 2.45) is 5.92 Å². The fourth-order valence-electron chi connectivity index (χ4n) is 3.45. The van der Waals surface area contributed by atoms with Crippen LogP contribution in [0.4, 0.5) is 10.5 Å². The van der Waals surface area contributed by atoms with Crippen molar-refractivity contribution in [3.8, 4) is 11.6 Å². The van der Waals surface area contributed by atoms with E-state index < -0.39 is 0 Å². The van der Waals surface area contributed by atoms with Gasteiger partial charge in [-0.05, 0) is 55.9 Å².